The summed E-state index contributed by atoms with van der Waals surface area (Å²) in [6, 6.07) is 6.09. The molecule has 4 nitrogen and oxygen atoms in total. The van der Waals surface area contributed by atoms with E-state index >= 15 is 0 Å². The van der Waals surface area contributed by atoms with E-state index in [1.807, 2.05) is 6.07 Å². The van der Waals surface area contributed by atoms with Crippen LogP contribution in [0.5, 0.6) is 11.5 Å². The van der Waals surface area contributed by atoms with Crippen molar-refractivity contribution in [1.29, 1.82) is 0 Å². The summed E-state index contributed by atoms with van der Waals surface area (Å²) >= 11 is 0. The summed E-state index contributed by atoms with van der Waals surface area (Å²) in [5.74, 6) is 1.58. The summed E-state index contributed by atoms with van der Waals surface area (Å²) in [6.07, 6.45) is 3.58. The number of methoxy groups -OCH3 is 1. The third-order valence-electron chi connectivity index (χ3n) is 3.43. The minimum Gasteiger partial charge on any atom is -0.493 e. The van der Waals surface area contributed by atoms with Crippen molar-refractivity contribution in [2.75, 3.05) is 26.9 Å². The van der Waals surface area contributed by atoms with Crippen LogP contribution in [0.1, 0.15) is 31.7 Å². The molecule has 1 aliphatic heterocycles. The highest BCUT2D eigenvalue weighted by Crippen LogP contribution is 2.29. The normalized spacial score (nSPS) is 18.2. The highest BCUT2D eigenvalue weighted by atomic mass is 16.5. The van der Waals surface area contributed by atoms with Gasteiger partial charge in [-0.2, -0.15) is 0 Å². The molecule has 0 saturated carbocycles. The van der Waals surface area contributed by atoms with Gasteiger partial charge in [0.05, 0.1) is 13.2 Å². The van der Waals surface area contributed by atoms with Gasteiger partial charge in [0.15, 0.2) is 11.5 Å². The maximum Gasteiger partial charge on any atom is 0.161 e. The fourth-order valence-corrected chi connectivity index (χ4v) is 2.31. The zero-order chi connectivity index (χ0) is 14.2. The first-order chi connectivity index (χ1) is 9.83. The smallest absolute Gasteiger partial charge is 0.161 e. The lowest BCUT2D eigenvalue weighted by atomic mass is 10.2. The summed E-state index contributed by atoms with van der Waals surface area (Å²) in [6.45, 7) is 5.50. The molecule has 1 unspecified atom stereocenters. The Hall–Kier alpha value is -1.26. The van der Waals surface area contributed by atoms with E-state index in [1.165, 1.54) is 5.56 Å². The highest BCUT2D eigenvalue weighted by Gasteiger charge is 2.17. The standard InChI is InChI=1S/C16H25NO3/c1-3-8-17-11-13-6-7-15(18-2)16(10-13)20-12-14-5-4-9-19-14/h6-7,10,14,17H,3-5,8-9,11-12H2,1-2H3. The van der Waals surface area contributed by atoms with Crippen molar-refractivity contribution in [1.82, 2.24) is 5.32 Å². The second-order valence-corrected chi connectivity index (χ2v) is 5.11. The van der Waals surface area contributed by atoms with E-state index in [4.69, 9.17) is 14.2 Å². The Morgan fingerprint density at radius 2 is 2.25 bits per heavy atom. The van der Waals surface area contributed by atoms with E-state index in [0.717, 1.165) is 50.5 Å². The SMILES string of the molecule is CCCNCc1ccc(OC)c(OCC2CCCO2)c1. The van der Waals surface area contributed by atoms with Crippen LogP contribution in [0.3, 0.4) is 0 Å². The van der Waals surface area contributed by atoms with Crippen molar-refractivity contribution in [3.05, 3.63) is 23.8 Å². The maximum absolute atomic E-state index is 5.88. The molecule has 0 aromatic heterocycles. The van der Waals surface area contributed by atoms with Gasteiger partial charge in [-0.25, -0.2) is 0 Å². The second kappa shape index (κ2) is 8.12. The Morgan fingerprint density at radius 1 is 1.35 bits per heavy atom. The summed E-state index contributed by atoms with van der Waals surface area (Å²) in [4.78, 5) is 0. The molecule has 4 heteroatoms. The van der Waals surface area contributed by atoms with Crippen molar-refractivity contribution in [3.8, 4) is 11.5 Å². The van der Waals surface area contributed by atoms with Gasteiger partial charge in [-0.1, -0.05) is 13.0 Å². The molecular weight excluding hydrogens is 254 g/mol. The van der Waals surface area contributed by atoms with Crippen molar-refractivity contribution in [2.24, 2.45) is 0 Å². The van der Waals surface area contributed by atoms with Gasteiger partial charge in [-0.3, -0.25) is 0 Å². The Bertz CT molecular complexity index is 403. The average molecular weight is 279 g/mol. The predicted molar refractivity (Wildman–Crippen MR) is 79.5 cm³/mol. The van der Waals surface area contributed by atoms with E-state index in [0.29, 0.717) is 6.61 Å². The van der Waals surface area contributed by atoms with E-state index < -0.39 is 0 Å². The molecule has 1 aromatic rings. The summed E-state index contributed by atoms with van der Waals surface area (Å²) in [5.41, 5.74) is 1.21. The number of nitrogens with one attached hydrogen (secondary N) is 1. The van der Waals surface area contributed by atoms with Gasteiger partial charge in [0.25, 0.3) is 0 Å². The molecule has 0 spiro atoms. The van der Waals surface area contributed by atoms with Crippen LogP contribution in [-0.4, -0.2) is 33.0 Å². The number of ether oxygens (including phenoxy) is 3. The van der Waals surface area contributed by atoms with Gasteiger partial charge < -0.3 is 19.5 Å². The fraction of sp³-hybridized carbons (Fsp3) is 0.625. The largest absolute Gasteiger partial charge is 0.493 e. The van der Waals surface area contributed by atoms with Crippen molar-refractivity contribution in [2.45, 2.75) is 38.8 Å². The molecule has 1 fully saturated rings. The predicted octanol–water partition coefficient (Wildman–Crippen LogP) is 2.75. The van der Waals surface area contributed by atoms with Crippen molar-refractivity contribution >= 4 is 0 Å². The molecule has 1 atom stereocenters. The Kier molecular flexibility index (Phi) is 6.15. The topological polar surface area (TPSA) is 39.7 Å². The lowest BCUT2D eigenvalue weighted by Gasteiger charge is -2.15. The third kappa shape index (κ3) is 4.39. The zero-order valence-corrected chi connectivity index (χ0v) is 12.5. The van der Waals surface area contributed by atoms with Crippen LogP contribution >= 0.6 is 0 Å². The van der Waals surface area contributed by atoms with Crippen LogP contribution in [0.4, 0.5) is 0 Å². The molecule has 1 aliphatic rings. The van der Waals surface area contributed by atoms with Gasteiger partial charge in [-0.15, -0.1) is 0 Å². The Labute approximate surface area is 121 Å². The molecule has 1 heterocycles. The van der Waals surface area contributed by atoms with Crippen LogP contribution in [0, 0.1) is 0 Å². The molecule has 20 heavy (non-hydrogen) atoms. The highest BCUT2D eigenvalue weighted by molar-refractivity contribution is 5.43. The van der Waals surface area contributed by atoms with Crippen LogP contribution in [0.2, 0.25) is 0 Å². The first-order valence-corrected chi connectivity index (χ1v) is 7.45. The van der Waals surface area contributed by atoms with Gasteiger partial charge in [0, 0.05) is 13.2 Å². The number of rotatable bonds is 8. The first kappa shape index (κ1) is 15.1. The van der Waals surface area contributed by atoms with Gasteiger partial charge in [0.1, 0.15) is 6.61 Å². The van der Waals surface area contributed by atoms with Gasteiger partial charge >= 0.3 is 0 Å². The van der Waals surface area contributed by atoms with Crippen LogP contribution in [0.15, 0.2) is 18.2 Å². The molecule has 0 radical (unpaired) electrons. The van der Waals surface area contributed by atoms with Crippen LogP contribution in [-0.2, 0) is 11.3 Å². The van der Waals surface area contributed by atoms with Crippen LogP contribution < -0.4 is 14.8 Å². The molecular formula is C16H25NO3. The number of benzene rings is 1. The van der Waals surface area contributed by atoms with Crippen molar-refractivity contribution in [3.63, 3.8) is 0 Å². The Balaban J connectivity index is 1.94. The lowest BCUT2D eigenvalue weighted by Crippen LogP contribution is -2.17. The number of hydrogen-bond donors (Lipinski definition) is 1. The van der Waals surface area contributed by atoms with E-state index in [2.05, 4.69) is 24.4 Å². The van der Waals surface area contributed by atoms with Gasteiger partial charge in [0.2, 0.25) is 0 Å². The van der Waals surface area contributed by atoms with E-state index in [9.17, 15) is 0 Å². The minimum atomic E-state index is 0.224. The quantitative estimate of drug-likeness (QED) is 0.743. The molecule has 0 amide bonds. The third-order valence-corrected chi connectivity index (χ3v) is 3.43. The minimum absolute atomic E-state index is 0.224. The van der Waals surface area contributed by atoms with Gasteiger partial charge in [-0.05, 0) is 43.5 Å². The molecule has 1 N–H and O–H groups in total. The molecule has 1 saturated heterocycles. The Morgan fingerprint density at radius 3 is 2.95 bits per heavy atom. The van der Waals surface area contributed by atoms with Crippen LogP contribution in [0.25, 0.3) is 0 Å². The first-order valence-electron chi connectivity index (χ1n) is 7.45. The van der Waals surface area contributed by atoms with E-state index in [-0.39, 0.29) is 6.10 Å². The summed E-state index contributed by atoms with van der Waals surface area (Å²) in [7, 11) is 1.67. The molecule has 0 bridgehead atoms. The monoisotopic (exact) mass is 279 g/mol. The molecule has 2 rings (SSSR count). The summed E-state index contributed by atoms with van der Waals surface area (Å²) < 4.78 is 16.8. The second-order valence-electron chi connectivity index (χ2n) is 5.11. The average Bonchev–Trinajstić information content (AvgIpc) is 2.99. The molecule has 1 aromatic carbocycles. The zero-order valence-electron chi connectivity index (χ0n) is 12.5. The molecule has 112 valence electrons. The van der Waals surface area contributed by atoms with E-state index in [1.54, 1.807) is 7.11 Å². The number of hydrogen-bond acceptors (Lipinski definition) is 4. The maximum atomic E-state index is 5.88. The lowest BCUT2D eigenvalue weighted by molar-refractivity contribution is 0.0669. The molecule has 0 aliphatic carbocycles. The summed E-state index contributed by atoms with van der Waals surface area (Å²) in [5, 5.41) is 3.39. The fourth-order valence-electron chi connectivity index (χ4n) is 2.31. The van der Waals surface area contributed by atoms with Crippen molar-refractivity contribution < 1.29 is 14.2 Å².